The molecule has 19 heteroatoms. The summed E-state index contributed by atoms with van der Waals surface area (Å²) in [5, 5.41) is 6.78. The topological polar surface area (TPSA) is 213 Å². The smallest absolute Gasteiger partial charge is 0.324 e. The number of halogens is 1. The summed E-state index contributed by atoms with van der Waals surface area (Å²) in [6.07, 6.45) is 2.17. The first-order valence-corrected chi connectivity index (χ1v) is 19.1. The van der Waals surface area contributed by atoms with E-state index in [2.05, 4.69) is 35.3 Å². The third kappa shape index (κ3) is 7.68. The van der Waals surface area contributed by atoms with Crippen LogP contribution in [-0.2, 0) is 24.4 Å². The lowest BCUT2D eigenvalue weighted by Crippen LogP contribution is -2.58. The Morgan fingerprint density at radius 2 is 1.71 bits per heavy atom. The molecule has 2 aliphatic carbocycles. The Morgan fingerprint density at radius 3 is 2.29 bits per heavy atom. The number of carbonyl (C=O) groups is 3. The number of fused-ring (bicyclic) bond motifs is 1. The predicted molar refractivity (Wildman–Crippen MR) is 191 cm³/mol. The number of likely N-dealkylation sites (tertiary alicyclic amines) is 1. The zero-order valence-electron chi connectivity index (χ0n) is 28.6. The molecular weight excluding hydrogens is 799 g/mol. The maximum atomic E-state index is 14.4. The predicted octanol–water partition coefficient (Wildman–Crippen LogP) is 1.60. The number of ether oxygens (including phenoxy) is 4. The SMILES string of the molecule is COc1ccc2c(O[C@@H]3C[C@@H](C(=O)N[C@]4(C(=O)NS(=O)(=O)C5CC5)C[C@H]4I)N(C(=O)[C@@H](Nc4nc(OC)nc(OC)n4)C(C)C)C3)nccc2c1. The van der Waals surface area contributed by atoms with E-state index >= 15 is 0 Å². The van der Waals surface area contributed by atoms with Gasteiger partial charge in [-0.3, -0.25) is 19.1 Å². The number of nitrogens with zero attached hydrogens (tertiary/aromatic N) is 5. The molecule has 1 aromatic carbocycles. The zero-order valence-corrected chi connectivity index (χ0v) is 31.6. The van der Waals surface area contributed by atoms with Crippen LogP contribution in [0.2, 0.25) is 0 Å². The van der Waals surface area contributed by atoms with Crippen molar-refractivity contribution in [2.45, 2.75) is 72.4 Å². The summed E-state index contributed by atoms with van der Waals surface area (Å²) in [5.74, 6) is -1.20. The number of nitrogens with one attached hydrogen (secondary N) is 3. The summed E-state index contributed by atoms with van der Waals surface area (Å²) in [6.45, 7) is 3.65. The van der Waals surface area contributed by atoms with E-state index in [4.69, 9.17) is 18.9 Å². The van der Waals surface area contributed by atoms with Crippen LogP contribution >= 0.6 is 22.6 Å². The molecule has 3 amide bonds. The number of alkyl halides is 1. The number of benzene rings is 1. The molecule has 3 N–H and O–H groups in total. The second-order valence-corrected chi connectivity index (χ2v) is 16.5. The van der Waals surface area contributed by atoms with E-state index in [1.54, 1.807) is 19.4 Å². The van der Waals surface area contributed by atoms with Crippen molar-refractivity contribution in [2.24, 2.45) is 5.92 Å². The van der Waals surface area contributed by atoms with Crippen molar-refractivity contribution in [1.29, 1.82) is 0 Å². The maximum absolute atomic E-state index is 14.4. The van der Waals surface area contributed by atoms with E-state index in [0.29, 0.717) is 29.9 Å². The first-order valence-electron chi connectivity index (χ1n) is 16.3. The number of hydrogen-bond acceptors (Lipinski definition) is 14. The van der Waals surface area contributed by atoms with Crippen LogP contribution in [0.25, 0.3) is 10.8 Å². The summed E-state index contributed by atoms with van der Waals surface area (Å²) < 4.78 is 49.1. The maximum Gasteiger partial charge on any atom is 0.324 e. The number of hydrogen-bond donors (Lipinski definition) is 3. The van der Waals surface area contributed by atoms with E-state index in [1.807, 2.05) is 54.6 Å². The fraction of sp³-hybridized carbons (Fsp3) is 0.531. The van der Waals surface area contributed by atoms with Gasteiger partial charge < -0.3 is 34.5 Å². The summed E-state index contributed by atoms with van der Waals surface area (Å²) >= 11 is 2.02. The minimum atomic E-state index is -3.85. The third-order valence-corrected chi connectivity index (χ3v) is 12.4. The highest BCUT2D eigenvalue weighted by atomic mass is 127. The molecule has 2 saturated carbocycles. The van der Waals surface area contributed by atoms with Crippen LogP contribution in [-0.4, -0.2) is 112 Å². The molecule has 17 nitrogen and oxygen atoms in total. The van der Waals surface area contributed by atoms with Crippen molar-refractivity contribution in [1.82, 2.24) is 34.9 Å². The Labute approximate surface area is 308 Å². The average Bonchev–Trinajstić information content (AvgIpc) is 4.03. The Hall–Kier alpha value is -4.27. The van der Waals surface area contributed by atoms with Gasteiger partial charge in [0.1, 0.15) is 29.5 Å². The molecule has 1 saturated heterocycles. The van der Waals surface area contributed by atoms with Gasteiger partial charge in [-0.2, -0.15) is 9.97 Å². The van der Waals surface area contributed by atoms with Crippen molar-refractivity contribution < 1.29 is 41.7 Å². The molecule has 51 heavy (non-hydrogen) atoms. The Bertz CT molecular complexity index is 1930. The highest BCUT2D eigenvalue weighted by Gasteiger charge is 2.62. The quantitative estimate of drug-likeness (QED) is 0.156. The number of carbonyl (C=O) groups excluding carboxylic acids is 3. The number of sulfonamides is 1. The molecule has 274 valence electrons. The Morgan fingerprint density at radius 1 is 1.02 bits per heavy atom. The summed E-state index contributed by atoms with van der Waals surface area (Å²) in [5.41, 5.74) is -1.45. The molecule has 2 aromatic heterocycles. The van der Waals surface area contributed by atoms with Crippen molar-refractivity contribution in [2.75, 3.05) is 33.2 Å². The highest BCUT2D eigenvalue weighted by Crippen LogP contribution is 2.44. The molecule has 5 atom stereocenters. The van der Waals surface area contributed by atoms with Crippen LogP contribution in [0, 0.1) is 5.92 Å². The molecule has 3 fully saturated rings. The Balaban J connectivity index is 1.28. The van der Waals surface area contributed by atoms with Gasteiger partial charge in [0.05, 0.1) is 33.1 Å². The number of anilines is 1. The van der Waals surface area contributed by atoms with Gasteiger partial charge in [0.15, 0.2) is 0 Å². The second-order valence-electron chi connectivity index (χ2n) is 13.0. The summed E-state index contributed by atoms with van der Waals surface area (Å²) in [6, 6.07) is 5.19. The second kappa shape index (κ2) is 14.4. The highest BCUT2D eigenvalue weighted by molar-refractivity contribution is 14.1. The molecule has 0 radical (unpaired) electrons. The van der Waals surface area contributed by atoms with Crippen LogP contribution in [0.3, 0.4) is 0 Å². The fourth-order valence-corrected chi connectivity index (χ4v) is 8.43. The Kier molecular flexibility index (Phi) is 10.3. The number of aromatic nitrogens is 4. The van der Waals surface area contributed by atoms with Crippen LogP contribution < -0.4 is 34.3 Å². The van der Waals surface area contributed by atoms with Crippen molar-refractivity contribution in [3.05, 3.63) is 30.5 Å². The van der Waals surface area contributed by atoms with E-state index in [1.165, 1.54) is 19.1 Å². The number of pyridine rings is 1. The number of methoxy groups -OCH3 is 3. The van der Waals surface area contributed by atoms with Gasteiger partial charge in [-0.05, 0) is 54.8 Å². The van der Waals surface area contributed by atoms with Crippen molar-refractivity contribution in [3.63, 3.8) is 0 Å². The molecule has 3 aliphatic rings. The van der Waals surface area contributed by atoms with Crippen LogP contribution in [0.15, 0.2) is 30.5 Å². The van der Waals surface area contributed by atoms with Crippen molar-refractivity contribution in [3.8, 4) is 23.7 Å². The van der Waals surface area contributed by atoms with Gasteiger partial charge in [-0.25, -0.2) is 13.4 Å². The summed E-state index contributed by atoms with van der Waals surface area (Å²) in [7, 11) is 0.483. The van der Waals surface area contributed by atoms with Crippen LogP contribution in [0.4, 0.5) is 5.95 Å². The molecule has 3 aromatic rings. The standard InChI is InChI=1S/C32H39IN8O9S/c1-16(2)24(35-29-36-30(48-4)38-31(37-29)49-5)27(43)41-15-19(50-26-21-9-6-18(47-3)12-17(21)10-11-34-26)13-22(41)25(42)39-32(14-23(32)33)28(44)40-51(45,46)20-7-8-20/h6,9-12,16,19-20,22-24H,7-8,13-15H2,1-5H3,(H,39,42)(H,40,44)(H,35,36,37,38)/t19-,22+,23-,24+,32-/m1/s1. The molecule has 1 aliphatic heterocycles. The lowest BCUT2D eigenvalue weighted by Gasteiger charge is -2.31. The normalized spacial score (nSPS) is 23.4. The van der Waals surface area contributed by atoms with Crippen molar-refractivity contribution >= 4 is 67.1 Å². The molecule has 0 spiro atoms. The van der Waals surface area contributed by atoms with E-state index in [0.717, 1.165) is 5.39 Å². The minimum Gasteiger partial charge on any atom is -0.497 e. The molecule has 0 unspecified atom stereocenters. The molecule has 0 bridgehead atoms. The van der Waals surface area contributed by atoms with Crippen LogP contribution in [0.5, 0.6) is 23.7 Å². The molecular formula is C32H39IN8O9S. The third-order valence-electron chi connectivity index (χ3n) is 9.06. The first-order chi connectivity index (χ1) is 24.3. The van der Waals surface area contributed by atoms with E-state index in [9.17, 15) is 22.8 Å². The van der Waals surface area contributed by atoms with E-state index < -0.39 is 56.7 Å². The van der Waals surface area contributed by atoms with Gasteiger partial charge in [0, 0.05) is 21.9 Å². The lowest BCUT2D eigenvalue weighted by molar-refractivity contribution is -0.140. The first kappa shape index (κ1) is 36.5. The monoisotopic (exact) mass is 838 g/mol. The van der Waals surface area contributed by atoms with Gasteiger partial charge in [-0.15, -0.1) is 4.98 Å². The minimum absolute atomic E-state index is 0.00278. The number of rotatable bonds is 14. The molecule has 3 heterocycles. The van der Waals surface area contributed by atoms with Gasteiger partial charge >= 0.3 is 12.0 Å². The zero-order chi connectivity index (χ0) is 36.7. The van der Waals surface area contributed by atoms with Gasteiger partial charge in [0.2, 0.25) is 33.7 Å². The largest absolute Gasteiger partial charge is 0.497 e. The van der Waals surface area contributed by atoms with Gasteiger partial charge in [-0.1, -0.05) is 36.4 Å². The van der Waals surface area contributed by atoms with Crippen LogP contribution in [0.1, 0.15) is 39.5 Å². The van der Waals surface area contributed by atoms with Gasteiger partial charge in [0.25, 0.3) is 5.91 Å². The molecule has 6 rings (SSSR count). The number of amides is 3. The lowest BCUT2D eigenvalue weighted by atomic mass is 10.0. The fourth-order valence-electron chi connectivity index (χ4n) is 5.93. The van der Waals surface area contributed by atoms with E-state index in [-0.39, 0.29) is 47.2 Å². The average molecular weight is 839 g/mol. The summed E-state index contributed by atoms with van der Waals surface area (Å²) in [4.78, 5) is 60.2.